The van der Waals surface area contributed by atoms with Crippen LogP contribution in [0.4, 0.5) is 0 Å². The molecule has 0 spiro atoms. The van der Waals surface area contributed by atoms with E-state index < -0.39 is 0 Å². The summed E-state index contributed by atoms with van der Waals surface area (Å²) in [5, 5.41) is 2.89. The zero-order valence-electron chi connectivity index (χ0n) is 11.7. The van der Waals surface area contributed by atoms with E-state index in [1.54, 1.807) is 7.05 Å². The number of piperidine rings is 1. The number of ketones is 1. The van der Waals surface area contributed by atoms with Crippen LogP contribution < -0.4 is 10.1 Å². The fourth-order valence-electron chi connectivity index (χ4n) is 2.45. The highest BCUT2D eigenvalue weighted by molar-refractivity contribution is 6.00. The molecule has 1 aromatic carbocycles. The highest BCUT2D eigenvalue weighted by Gasteiger charge is 2.20. The Hall–Kier alpha value is -1.39. The summed E-state index contributed by atoms with van der Waals surface area (Å²) in [4.78, 5) is 14.3. The van der Waals surface area contributed by atoms with E-state index in [2.05, 4.69) is 17.3 Å². The first-order valence-electron chi connectivity index (χ1n) is 6.82. The Morgan fingerprint density at radius 3 is 3.00 bits per heavy atom. The van der Waals surface area contributed by atoms with Gasteiger partial charge in [0.15, 0.2) is 5.78 Å². The maximum Gasteiger partial charge on any atom is 0.180 e. The third kappa shape index (κ3) is 3.78. The molecule has 0 saturated carbocycles. The van der Waals surface area contributed by atoms with Crippen molar-refractivity contribution in [1.29, 1.82) is 0 Å². The Morgan fingerprint density at radius 2 is 2.26 bits per heavy atom. The van der Waals surface area contributed by atoms with Crippen molar-refractivity contribution in [2.24, 2.45) is 0 Å². The molecule has 4 nitrogen and oxygen atoms in total. The van der Waals surface area contributed by atoms with Gasteiger partial charge in [-0.3, -0.25) is 4.79 Å². The smallest absolute Gasteiger partial charge is 0.180 e. The first kappa shape index (κ1) is 14.0. The molecule has 1 aromatic rings. The van der Waals surface area contributed by atoms with Crippen molar-refractivity contribution in [2.75, 3.05) is 33.7 Å². The minimum absolute atomic E-state index is 0.0715. The normalized spacial score (nSPS) is 20.2. The molecule has 1 atom stereocenters. The largest absolute Gasteiger partial charge is 0.488 e. The molecule has 1 heterocycles. The van der Waals surface area contributed by atoms with E-state index in [1.165, 1.54) is 0 Å². The lowest BCUT2D eigenvalue weighted by Crippen LogP contribution is -2.38. The lowest BCUT2D eigenvalue weighted by Gasteiger charge is -2.30. The summed E-state index contributed by atoms with van der Waals surface area (Å²) in [5.74, 6) is 0.783. The highest BCUT2D eigenvalue weighted by Crippen LogP contribution is 2.22. The second-order valence-corrected chi connectivity index (χ2v) is 5.09. The monoisotopic (exact) mass is 262 g/mol. The maximum absolute atomic E-state index is 12.0. The number of Topliss-reactive ketones (excluding diaryl/α,β-unsaturated/α-hetero) is 1. The summed E-state index contributed by atoms with van der Waals surface area (Å²) in [6.07, 6.45) is 2.38. The van der Waals surface area contributed by atoms with E-state index in [4.69, 9.17) is 4.74 Å². The van der Waals surface area contributed by atoms with Crippen LogP contribution in [-0.4, -0.2) is 50.5 Å². The number of nitrogens with zero attached hydrogens (tertiary/aromatic N) is 1. The average molecular weight is 262 g/mol. The number of likely N-dealkylation sites (N-methyl/N-ethyl adjacent to an activating group) is 2. The zero-order chi connectivity index (χ0) is 13.7. The summed E-state index contributed by atoms with van der Waals surface area (Å²) < 4.78 is 6.03. The minimum atomic E-state index is 0.0715. The molecular weight excluding hydrogens is 240 g/mol. The molecule has 0 radical (unpaired) electrons. The Morgan fingerprint density at radius 1 is 1.47 bits per heavy atom. The molecule has 1 N–H and O–H groups in total. The molecule has 0 aromatic heterocycles. The number of hydrogen-bond donors (Lipinski definition) is 1. The topological polar surface area (TPSA) is 41.6 Å². The summed E-state index contributed by atoms with van der Waals surface area (Å²) in [5.41, 5.74) is 0.671. The molecule has 0 bridgehead atoms. The summed E-state index contributed by atoms with van der Waals surface area (Å²) in [6.45, 7) is 2.39. The maximum atomic E-state index is 12.0. The number of likely N-dealkylation sites (tertiary alicyclic amines) is 1. The van der Waals surface area contributed by atoms with Gasteiger partial charge in [-0.25, -0.2) is 0 Å². The molecule has 104 valence electrons. The number of rotatable bonds is 5. The van der Waals surface area contributed by atoms with Crippen molar-refractivity contribution in [3.8, 4) is 5.75 Å². The van der Waals surface area contributed by atoms with Crippen LogP contribution in [-0.2, 0) is 0 Å². The molecule has 0 aliphatic carbocycles. The van der Waals surface area contributed by atoms with Crippen LogP contribution in [0.3, 0.4) is 0 Å². The summed E-state index contributed by atoms with van der Waals surface area (Å²) in [6, 6.07) is 7.51. The Bertz CT molecular complexity index is 434. The molecule has 1 unspecified atom stereocenters. The predicted octanol–water partition coefficient (Wildman–Crippen LogP) is 1.56. The number of para-hydroxylation sites is 1. The van der Waals surface area contributed by atoms with E-state index in [0.29, 0.717) is 17.9 Å². The Balaban J connectivity index is 2.09. The van der Waals surface area contributed by atoms with Crippen molar-refractivity contribution in [3.63, 3.8) is 0 Å². The van der Waals surface area contributed by atoms with Crippen molar-refractivity contribution in [2.45, 2.75) is 18.9 Å². The van der Waals surface area contributed by atoms with Gasteiger partial charge in [-0.2, -0.15) is 0 Å². The fraction of sp³-hybridized carbons (Fsp3) is 0.533. The van der Waals surface area contributed by atoms with E-state index in [1.807, 2.05) is 24.3 Å². The van der Waals surface area contributed by atoms with E-state index in [0.717, 1.165) is 25.9 Å². The van der Waals surface area contributed by atoms with Gasteiger partial charge in [0, 0.05) is 6.54 Å². The number of nitrogens with one attached hydrogen (secondary N) is 1. The number of carbonyl (C=O) groups is 1. The van der Waals surface area contributed by atoms with Gasteiger partial charge in [-0.1, -0.05) is 12.1 Å². The van der Waals surface area contributed by atoms with Crippen molar-refractivity contribution < 1.29 is 9.53 Å². The van der Waals surface area contributed by atoms with E-state index in [9.17, 15) is 4.79 Å². The van der Waals surface area contributed by atoms with Crippen LogP contribution in [0.5, 0.6) is 5.75 Å². The van der Waals surface area contributed by atoms with Crippen molar-refractivity contribution in [1.82, 2.24) is 10.2 Å². The van der Waals surface area contributed by atoms with Crippen LogP contribution in [0.2, 0.25) is 0 Å². The van der Waals surface area contributed by atoms with E-state index >= 15 is 0 Å². The quantitative estimate of drug-likeness (QED) is 0.818. The molecule has 1 fully saturated rings. The molecule has 1 saturated heterocycles. The number of hydrogen-bond acceptors (Lipinski definition) is 4. The van der Waals surface area contributed by atoms with Crippen molar-refractivity contribution >= 4 is 5.78 Å². The second-order valence-electron chi connectivity index (χ2n) is 5.09. The fourth-order valence-corrected chi connectivity index (χ4v) is 2.45. The van der Waals surface area contributed by atoms with Crippen LogP contribution in [0.25, 0.3) is 0 Å². The van der Waals surface area contributed by atoms with Gasteiger partial charge in [0.25, 0.3) is 0 Å². The van der Waals surface area contributed by atoms with E-state index in [-0.39, 0.29) is 11.9 Å². The van der Waals surface area contributed by atoms with Gasteiger partial charge in [0.2, 0.25) is 0 Å². The Labute approximate surface area is 114 Å². The van der Waals surface area contributed by atoms with Crippen LogP contribution in [0.1, 0.15) is 23.2 Å². The van der Waals surface area contributed by atoms with Gasteiger partial charge in [0.05, 0.1) is 12.1 Å². The second kappa shape index (κ2) is 6.68. The molecule has 1 aliphatic heterocycles. The number of benzene rings is 1. The number of ether oxygens (including phenoxy) is 1. The molecule has 0 amide bonds. The standard InChI is InChI=1S/C15H22N2O2/c1-16-10-14(18)13-7-3-4-8-15(13)19-12-6-5-9-17(2)11-12/h3-4,7-8,12,16H,5-6,9-11H2,1-2H3. The third-order valence-electron chi connectivity index (χ3n) is 3.40. The predicted molar refractivity (Wildman–Crippen MR) is 75.8 cm³/mol. The van der Waals surface area contributed by atoms with Crippen LogP contribution in [0.15, 0.2) is 24.3 Å². The summed E-state index contributed by atoms with van der Waals surface area (Å²) in [7, 11) is 3.88. The zero-order valence-corrected chi connectivity index (χ0v) is 11.7. The van der Waals surface area contributed by atoms with Crippen molar-refractivity contribution in [3.05, 3.63) is 29.8 Å². The molecule has 1 aliphatic rings. The third-order valence-corrected chi connectivity index (χ3v) is 3.40. The first-order chi connectivity index (χ1) is 9.20. The van der Waals surface area contributed by atoms with Gasteiger partial charge in [-0.15, -0.1) is 0 Å². The lowest BCUT2D eigenvalue weighted by molar-refractivity contribution is 0.0943. The van der Waals surface area contributed by atoms with Crippen LogP contribution >= 0.6 is 0 Å². The SMILES string of the molecule is CNCC(=O)c1ccccc1OC1CCCN(C)C1. The van der Waals surface area contributed by atoms with Crippen LogP contribution in [0, 0.1) is 0 Å². The van der Waals surface area contributed by atoms with Gasteiger partial charge < -0.3 is 15.0 Å². The lowest BCUT2D eigenvalue weighted by atomic mass is 10.1. The molecule has 19 heavy (non-hydrogen) atoms. The molecule has 4 heteroatoms. The van der Waals surface area contributed by atoms with Gasteiger partial charge in [-0.05, 0) is 45.6 Å². The Kier molecular flexibility index (Phi) is 4.93. The van der Waals surface area contributed by atoms with Gasteiger partial charge >= 0.3 is 0 Å². The highest BCUT2D eigenvalue weighted by atomic mass is 16.5. The summed E-state index contributed by atoms with van der Waals surface area (Å²) >= 11 is 0. The van der Waals surface area contributed by atoms with Gasteiger partial charge in [0.1, 0.15) is 11.9 Å². The molecule has 2 rings (SSSR count). The number of carbonyl (C=O) groups excluding carboxylic acids is 1. The molecular formula is C15H22N2O2. The average Bonchev–Trinajstić information content (AvgIpc) is 2.39. The first-order valence-corrected chi connectivity index (χ1v) is 6.82. The minimum Gasteiger partial charge on any atom is -0.488 e.